The normalized spacial score (nSPS) is 14.5. The van der Waals surface area contributed by atoms with E-state index in [0.717, 1.165) is 42.6 Å². The quantitative estimate of drug-likeness (QED) is 0.427. The van der Waals surface area contributed by atoms with Crippen molar-refractivity contribution in [3.8, 4) is 29.2 Å². The zero-order chi connectivity index (χ0) is 23.1. The molecule has 0 unspecified atom stereocenters. The lowest BCUT2D eigenvalue weighted by molar-refractivity contribution is 0.313. The highest BCUT2D eigenvalue weighted by atomic mass is 16.5. The summed E-state index contributed by atoms with van der Waals surface area (Å²) in [7, 11) is 2.16. The molecule has 0 aliphatic carbocycles. The second-order valence-corrected chi connectivity index (χ2v) is 8.40. The van der Waals surface area contributed by atoms with E-state index in [4.69, 9.17) is 9.72 Å². The number of nitriles is 1. The van der Waals surface area contributed by atoms with Crippen LogP contribution in [0.2, 0.25) is 0 Å². The predicted octanol–water partition coefficient (Wildman–Crippen LogP) is 3.92. The number of likely N-dealkylation sites (N-methyl/N-ethyl adjacent to an activating group) is 1. The lowest BCUT2D eigenvalue weighted by Crippen LogP contribution is -2.44. The molecule has 0 saturated carbocycles. The Balaban J connectivity index is 1.35. The zero-order valence-corrected chi connectivity index (χ0v) is 18.6. The van der Waals surface area contributed by atoms with Gasteiger partial charge in [0.2, 0.25) is 5.88 Å². The van der Waals surface area contributed by atoms with Gasteiger partial charge in [0, 0.05) is 43.4 Å². The summed E-state index contributed by atoms with van der Waals surface area (Å²) in [5.74, 6) is 1.48. The molecule has 9 heteroatoms. The number of para-hydroxylation sites is 1. The molecule has 0 amide bonds. The second kappa shape index (κ2) is 8.17. The van der Waals surface area contributed by atoms with Gasteiger partial charge in [-0.05, 0) is 43.4 Å². The third kappa shape index (κ3) is 3.50. The van der Waals surface area contributed by atoms with Crippen LogP contribution in [0.25, 0.3) is 33.5 Å². The predicted molar refractivity (Wildman–Crippen MR) is 130 cm³/mol. The number of rotatable bonds is 4. The lowest BCUT2D eigenvalue weighted by atomic mass is 10.2. The number of aromatic amines is 2. The lowest BCUT2D eigenvalue weighted by Gasteiger charge is -2.34. The number of hydrogen-bond donors (Lipinski definition) is 2. The highest BCUT2D eigenvalue weighted by Gasteiger charge is 2.18. The van der Waals surface area contributed by atoms with Crippen LogP contribution in [0.3, 0.4) is 0 Å². The van der Waals surface area contributed by atoms with Crippen molar-refractivity contribution in [1.82, 2.24) is 30.0 Å². The number of anilines is 1. The first-order valence-corrected chi connectivity index (χ1v) is 11.1. The summed E-state index contributed by atoms with van der Waals surface area (Å²) < 4.78 is 5.97. The van der Waals surface area contributed by atoms with Crippen molar-refractivity contribution in [2.75, 3.05) is 38.1 Å². The number of hydrogen-bond acceptors (Lipinski definition) is 7. The minimum atomic E-state index is 0.258. The Hall–Kier alpha value is -4.42. The molecule has 1 fully saturated rings. The second-order valence-electron chi connectivity index (χ2n) is 8.40. The van der Waals surface area contributed by atoms with Crippen LogP contribution in [0.5, 0.6) is 11.6 Å². The van der Waals surface area contributed by atoms with Crippen molar-refractivity contribution in [3.05, 3.63) is 60.3 Å². The molecule has 1 aliphatic rings. The molecule has 0 atom stereocenters. The summed E-state index contributed by atoms with van der Waals surface area (Å²) in [4.78, 5) is 17.2. The molecule has 4 heterocycles. The van der Waals surface area contributed by atoms with Crippen LogP contribution in [0.4, 0.5) is 5.69 Å². The van der Waals surface area contributed by atoms with Gasteiger partial charge in [-0.3, -0.25) is 5.10 Å². The Morgan fingerprint density at radius 2 is 1.94 bits per heavy atom. The van der Waals surface area contributed by atoms with Gasteiger partial charge in [0.25, 0.3) is 0 Å². The number of nitrogens with zero attached hydrogens (tertiary/aromatic N) is 6. The topological polar surface area (TPSA) is 110 Å². The van der Waals surface area contributed by atoms with Gasteiger partial charge in [0.15, 0.2) is 11.6 Å². The summed E-state index contributed by atoms with van der Waals surface area (Å²) in [6.07, 6.45) is 1.60. The minimum Gasteiger partial charge on any atom is -0.435 e. The molecule has 5 aromatic rings. The number of benzene rings is 2. The average Bonchev–Trinajstić information content (AvgIpc) is 3.49. The van der Waals surface area contributed by atoms with E-state index in [1.807, 2.05) is 18.2 Å². The summed E-state index contributed by atoms with van der Waals surface area (Å²) >= 11 is 0. The van der Waals surface area contributed by atoms with Crippen LogP contribution in [0, 0.1) is 11.3 Å². The maximum atomic E-state index is 9.34. The van der Waals surface area contributed by atoms with E-state index in [0.29, 0.717) is 28.3 Å². The van der Waals surface area contributed by atoms with E-state index in [2.05, 4.69) is 61.3 Å². The fraction of sp³-hybridized carbons (Fsp3) is 0.200. The zero-order valence-electron chi connectivity index (χ0n) is 18.6. The molecular formula is C25H22N8O. The third-order valence-corrected chi connectivity index (χ3v) is 6.22. The molecule has 1 aliphatic heterocycles. The van der Waals surface area contributed by atoms with Gasteiger partial charge in [-0.15, -0.1) is 0 Å². The van der Waals surface area contributed by atoms with Crippen molar-refractivity contribution in [3.63, 3.8) is 0 Å². The van der Waals surface area contributed by atoms with Crippen LogP contribution >= 0.6 is 0 Å². The van der Waals surface area contributed by atoms with Crippen molar-refractivity contribution in [1.29, 1.82) is 5.26 Å². The number of ether oxygens (including phenoxy) is 1. The van der Waals surface area contributed by atoms with Gasteiger partial charge >= 0.3 is 0 Å². The smallest absolute Gasteiger partial charge is 0.237 e. The third-order valence-electron chi connectivity index (χ3n) is 6.22. The number of nitrogens with one attached hydrogen (secondary N) is 2. The van der Waals surface area contributed by atoms with Crippen LogP contribution < -0.4 is 9.64 Å². The van der Waals surface area contributed by atoms with Gasteiger partial charge in [-0.1, -0.05) is 12.1 Å². The van der Waals surface area contributed by atoms with Crippen molar-refractivity contribution < 1.29 is 4.74 Å². The van der Waals surface area contributed by atoms with Crippen LogP contribution in [-0.2, 0) is 0 Å². The molecule has 3 aromatic heterocycles. The first kappa shape index (κ1) is 20.2. The SMILES string of the molecule is CN1CCN(c2ccc3nc(-c4n[nH]c5c(Oc6ncccc6C#N)cccc45)[nH]c3c2)CC1. The fourth-order valence-corrected chi connectivity index (χ4v) is 4.31. The van der Waals surface area contributed by atoms with E-state index >= 15 is 0 Å². The number of aromatic nitrogens is 5. The van der Waals surface area contributed by atoms with Gasteiger partial charge in [0.05, 0.1) is 11.0 Å². The summed E-state index contributed by atoms with van der Waals surface area (Å²) in [6.45, 7) is 4.15. The molecule has 9 nitrogen and oxygen atoms in total. The maximum Gasteiger partial charge on any atom is 0.237 e. The van der Waals surface area contributed by atoms with Crippen molar-refractivity contribution >= 4 is 27.6 Å². The molecule has 168 valence electrons. The average molecular weight is 451 g/mol. The monoisotopic (exact) mass is 450 g/mol. The molecule has 1 saturated heterocycles. The van der Waals surface area contributed by atoms with Crippen molar-refractivity contribution in [2.24, 2.45) is 0 Å². The minimum absolute atomic E-state index is 0.258. The molecule has 6 rings (SSSR count). The molecule has 0 radical (unpaired) electrons. The Kier molecular flexibility index (Phi) is 4.86. The van der Waals surface area contributed by atoms with Crippen LogP contribution in [0.1, 0.15) is 5.56 Å². The molecular weight excluding hydrogens is 428 g/mol. The Labute approximate surface area is 195 Å². The fourth-order valence-electron chi connectivity index (χ4n) is 4.31. The van der Waals surface area contributed by atoms with E-state index in [1.165, 1.54) is 5.69 Å². The Morgan fingerprint density at radius 1 is 1.06 bits per heavy atom. The van der Waals surface area contributed by atoms with Gasteiger partial charge in [-0.25, -0.2) is 9.97 Å². The molecule has 0 bridgehead atoms. The first-order chi connectivity index (χ1) is 16.7. The summed E-state index contributed by atoms with van der Waals surface area (Å²) in [6, 6.07) is 17.5. The van der Waals surface area contributed by atoms with E-state index in [-0.39, 0.29) is 5.88 Å². The maximum absolute atomic E-state index is 9.34. The number of pyridine rings is 1. The van der Waals surface area contributed by atoms with Crippen LogP contribution in [-0.4, -0.2) is 63.3 Å². The van der Waals surface area contributed by atoms with E-state index < -0.39 is 0 Å². The van der Waals surface area contributed by atoms with Crippen molar-refractivity contribution in [2.45, 2.75) is 0 Å². The summed E-state index contributed by atoms with van der Waals surface area (Å²) in [5, 5.41) is 17.8. The number of imidazole rings is 1. The highest BCUT2D eigenvalue weighted by Crippen LogP contribution is 2.34. The Bertz CT molecular complexity index is 1540. The first-order valence-electron chi connectivity index (χ1n) is 11.1. The molecule has 0 spiro atoms. The number of H-pyrrole nitrogens is 2. The molecule has 34 heavy (non-hydrogen) atoms. The highest BCUT2D eigenvalue weighted by molar-refractivity contribution is 5.96. The van der Waals surface area contributed by atoms with Gasteiger partial charge < -0.3 is 19.5 Å². The van der Waals surface area contributed by atoms with E-state index in [9.17, 15) is 5.26 Å². The standard InChI is InChI=1S/C25H22N8O/c1-32-10-12-33(13-11-32)17-7-8-19-20(14-17)29-24(28-19)23-18-5-2-6-21(22(18)30-31-23)34-25-16(15-26)4-3-9-27-25/h2-9,14H,10-13H2,1H3,(H,28,29)(H,30,31). The van der Waals surface area contributed by atoms with Crippen LogP contribution in [0.15, 0.2) is 54.7 Å². The molecule has 2 N–H and O–H groups in total. The van der Waals surface area contributed by atoms with Gasteiger partial charge in [0.1, 0.15) is 22.8 Å². The molecule has 2 aromatic carbocycles. The largest absolute Gasteiger partial charge is 0.435 e. The number of fused-ring (bicyclic) bond motifs is 2. The van der Waals surface area contributed by atoms with E-state index in [1.54, 1.807) is 18.3 Å². The van der Waals surface area contributed by atoms with Gasteiger partial charge in [-0.2, -0.15) is 10.4 Å². The number of piperazine rings is 1. The Morgan fingerprint density at radius 3 is 2.79 bits per heavy atom. The summed E-state index contributed by atoms with van der Waals surface area (Å²) in [5.41, 5.74) is 4.85.